The fourth-order valence-electron chi connectivity index (χ4n) is 2.93. The normalized spacial score (nSPS) is 28.0. The van der Waals surface area contributed by atoms with Gasteiger partial charge in [0, 0.05) is 25.2 Å². The van der Waals surface area contributed by atoms with E-state index in [1.165, 1.54) is 12.8 Å². The zero-order valence-electron chi connectivity index (χ0n) is 11.9. The largest absolute Gasteiger partial charge is 0.337 e. The second-order valence-corrected chi connectivity index (χ2v) is 6.86. The van der Waals surface area contributed by atoms with Gasteiger partial charge in [0.25, 0.3) is 0 Å². The molecule has 3 heteroatoms. The molecule has 2 fully saturated rings. The molecule has 2 aliphatic rings. The highest BCUT2D eigenvalue weighted by atomic mass is 16.2. The number of carbonyl (C=O) groups is 1. The predicted molar refractivity (Wildman–Crippen MR) is 69.8 cm³/mol. The Balaban J connectivity index is 2.20. The van der Waals surface area contributed by atoms with Crippen molar-refractivity contribution in [2.45, 2.75) is 65.6 Å². The molecule has 0 radical (unpaired) electrons. The van der Waals surface area contributed by atoms with Crippen LogP contribution < -0.4 is 0 Å². The number of rotatable bonds is 2. The quantitative estimate of drug-likeness (QED) is 0.735. The molecule has 0 aromatic heterocycles. The van der Waals surface area contributed by atoms with E-state index >= 15 is 0 Å². The fraction of sp³-hybridized carbons (Fsp3) is 0.929. The lowest BCUT2D eigenvalue weighted by molar-refractivity contribution is -0.149. The van der Waals surface area contributed by atoms with Crippen LogP contribution >= 0.6 is 0 Å². The maximum Gasteiger partial charge on any atom is 0.240 e. The lowest BCUT2D eigenvalue weighted by atomic mass is 9.83. The molecule has 1 aliphatic carbocycles. The maximum absolute atomic E-state index is 12.7. The molecule has 0 N–H and O–H groups in total. The number of hydrogen-bond acceptors (Lipinski definition) is 2. The first-order valence-corrected chi connectivity index (χ1v) is 6.88. The van der Waals surface area contributed by atoms with Crippen molar-refractivity contribution in [2.24, 2.45) is 5.41 Å². The molecule has 1 amide bonds. The van der Waals surface area contributed by atoms with Crippen molar-refractivity contribution in [3.8, 4) is 0 Å². The van der Waals surface area contributed by atoms with Gasteiger partial charge in [-0.1, -0.05) is 20.8 Å². The van der Waals surface area contributed by atoms with Gasteiger partial charge in [-0.15, -0.1) is 0 Å². The lowest BCUT2D eigenvalue weighted by Gasteiger charge is -2.48. The van der Waals surface area contributed by atoms with Crippen LogP contribution in [0.4, 0.5) is 0 Å². The third-order valence-electron chi connectivity index (χ3n) is 3.92. The van der Waals surface area contributed by atoms with Gasteiger partial charge < -0.3 is 4.90 Å². The van der Waals surface area contributed by atoms with E-state index in [9.17, 15) is 4.79 Å². The summed E-state index contributed by atoms with van der Waals surface area (Å²) in [6, 6.07) is 1.06. The van der Waals surface area contributed by atoms with E-state index in [2.05, 4.69) is 44.4 Å². The van der Waals surface area contributed by atoms with Gasteiger partial charge in [-0.05, 0) is 32.1 Å². The SMILES string of the molecule is CC(C)N1CCN(C2CC2)C(=O)[C@H]1C(C)(C)C. The highest BCUT2D eigenvalue weighted by Gasteiger charge is 2.46. The topological polar surface area (TPSA) is 23.6 Å². The molecule has 98 valence electrons. The van der Waals surface area contributed by atoms with Crippen molar-refractivity contribution in [3.05, 3.63) is 0 Å². The van der Waals surface area contributed by atoms with E-state index in [1.54, 1.807) is 0 Å². The Kier molecular flexibility index (Phi) is 3.23. The summed E-state index contributed by atoms with van der Waals surface area (Å²) in [4.78, 5) is 17.2. The maximum atomic E-state index is 12.7. The van der Waals surface area contributed by atoms with Crippen LogP contribution in [0.5, 0.6) is 0 Å². The number of amides is 1. The molecule has 0 aromatic rings. The number of piperazine rings is 1. The Morgan fingerprint density at radius 3 is 2.18 bits per heavy atom. The van der Waals surface area contributed by atoms with Gasteiger partial charge >= 0.3 is 0 Å². The lowest BCUT2D eigenvalue weighted by Crippen LogP contribution is -2.63. The molecule has 0 spiro atoms. The van der Waals surface area contributed by atoms with Crippen molar-refractivity contribution in [2.75, 3.05) is 13.1 Å². The summed E-state index contributed by atoms with van der Waals surface area (Å²) in [5.74, 6) is 0.361. The summed E-state index contributed by atoms with van der Waals surface area (Å²) in [5, 5.41) is 0. The van der Waals surface area contributed by atoms with E-state index < -0.39 is 0 Å². The van der Waals surface area contributed by atoms with Crippen LogP contribution in [-0.2, 0) is 4.79 Å². The summed E-state index contributed by atoms with van der Waals surface area (Å²) < 4.78 is 0. The first-order valence-electron chi connectivity index (χ1n) is 6.88. The Morgan fingerprint density at radius 2 is 1.76 bits per heavy atom. The van der Waals surface area contributed by atoms with E-state index in [4.69, 9.17) is 0 Å². The molecular weight excluding hydrogens is 212 g/mol. The average Bonchev–Trinajstić information content (AvgIpc) is 2.98. The number of nitrogens with zero attached hydrogens (tertiary/aromatic N) is 2. The van der Waals surface area contributed by atoms with Crippen molar-refractivity contribution in [3.63, 3.8) is 0 Å². The molecule has 1 saturated heterocycles. The van der Waals surface area contributed by atoms with Gasteiger partial charge in [0.1, 0.15) is 0 Å². The van der Waals surface area contributed by atoms with Crippen LogP contribution in [0.1, 0.15) is 47.5 Å². The Hall–Kier alpha value is -0.570. The first kappa shape index (κ1) is 12.9. The van der Waals surface area contributed by atoms with Crippen molar-refractivity contribution in [1.29, 1.82) is 0 Å². The molecular formula is C14H26N2O. The summed E-state index contributed by atoms with van der Waals surface area (Å²) in [5.41, 5.74) is 0.0227. The minimum atomic E-state index is 0.0227. The van der Waals surface area contributed by atoms with E-state index in [-0.39, 0.29) is 11.5 Å². The molecule has 3 nitrogen and oxygen atoms in total. The highest BCUT2D eigenvalue weighted by Crippen LogP contribution is 2.35. The van der Waals surface area contributed by atoms with E-state index in [1.807, 2.05) is 0 Å². The van der Waals surface area contributed by atoms with E-state index in [0.717, 1.165) is 13.1 Å². The van der Waals surface area contributed by atoms with Gasteiger partial charge in [-0.2, -0.15) is 0 Å². The van der Waals surface area contributed by atoms with Crippen molar-refractivity contribution in [1.82, 2.24) is 9.80 Å². The Labute approximate surface area is 105 Å². The van der Waals surface area contributed by atoms with Crippen molar-refractivity contribution < 1.29 is 4.79 Å². The van der Waals surface area contributed by atoms with E-state index in [0.29, 0.717) is 18.0 Å². The summed E-state index contributed by atoms with van der Waals surface area (Å²) in [6.45, 7) is 12.9. The molecule has 1 saturated carbocycles. The van der Waals surface area contributed by atoms with Crippen LogP contribution in [0.25, 0.3) is 0 Å². The van der Waals surface area contributed by atoms with Gasteiger partial charge in [0.05, 0.1) is 6.04 Å². The molecule has 1 aliphatic heterocycles. The molecule has 1 heterocycles. The summed E-state index contributed by atoms with van der Waals surface area (Å²) in [6.07, 6.45) is 2.43. The Morgan fingerprint density at radius 1 is 1.18 bits per heavy atom. The van der Waals surface area contributed by atoms with Crippen LogP contribution in [0, 0.1) is 5.41 Å². The van der Waals surface area contributed by atoms with Crippen LogP contribution in [0.3, 0.4) is 0 Å². The third-order valence-corrected chi connectivity index (χ3v) is 3.92. The van der Waals surface area contributed by atoms with Crippen LogP contribution in [0.15, 0.2) is 0 Å². The number of carbonyl (C=O) groups excluding carboxylic acids is 1. The zero-order chi connectivity index (χ0) is 12.8. The third kappa shape index (κ3) is 2.49. The molecule has 0 unspecified atom stereocenters. The van der Waals surface area contributed by atoms with Gasteiger partial charge in [0.2, 0.25) is 5.91 Å². The van der Waals surface area contributed by atoms with Crippen LogP contribution in [0.2, 0.25) is 0 Å². The molecule has 17 heavy (non-hydrogen) atoms. The zero-order valence-corrected chi connectivity index (χ0v) is 11.9. The molecule has 0 aromatic carbocycles. The molecule has 0 bridgehead atoms. The molecule has 2 rings (SSSR count). The second kappa shape index (κ2) is 4.27. The fourth-order valence-corrected chi connectivity index (χ4v) is 2.93. The standard InChI is InChI=1S/C14H26N2O/c1-10(2)15-8-9-16(11-6-7-11)13(17)12(15)14(3,4)5/h10-12H,6-9H2,1-5H3/t12-/m0/s1. The first-order chi connectivity index (χ1) is 7.82. The minimum absolute atomic E-state index is 0.0227. The second-order valence-electron chi connectivity index (χ2n) is 6.86. The smallest absolute Gasteiger partial charge is 0.240 e. The summed E-state index contributed by atoms with van der Waals surface area (Å²) >= 11 is 0. The summed E-state index contributed by atoms with van der Waals surface area (Å²) in [7, 11) is 0. The monoisotopic (exact) mass is 238 g/mol. The average molecular weight is 238 g/mol. The van der Waals surface area contributed by atoms with Gasteiger partial charge in [-0.25, -0.2) is 0 Å². The van der Waals surface area contributed by atoms with Crippen LogP contribution in [-0.4, -0.2) is 46.9 Å². The highest BCUT2D eigenvalue weighted by molar-refractivity contribution is 5.84. The molecule has 1 atom stereocenters. The predicted octanol–water partition coefficient (Wildman–Crippen LogP) is 2.12. The van der Waals surface area contributed by atoms with Gasteiger partial charge in [0.15, 0.2) is 0 Å². The van der Waals surface area contributed by atoms with Crippen molar-refractivity contribution >= 4 is 5.91 Å². The number of hydrogen-bond donors (Lipinski definition) is 0. The Bertz CT molecular complexity index is 302. The minimum Gasteiger partial charge on any atom is -0.337 e. The van der Waals surface area contributed by atoms with Gasteiger partial charge in [-0.3, -0.25) is 9.69 Å².